The molecular weight excluding hydrogens is 385 g/mol. The number of anilines is 1. The first-order chi connectivity index (χ1) is 13.1. The molecule has 0 aliphatic carbocycles. The zero-order chi connectivity index (χ0) is 20.9. The number of nitro benzene ring substituents is 1. The van der Waals surface area contributed by atoms with Gasteiger partial charge in [-0.15, -0.1) is 0 Å². The third-order valence-electron chi connectivity index (χ3n) is 3.44. The van der Waals surface area contributed by atoms with Gasteiger partial charge in [-0.3, -0.25) is 14.9 Å². The first-order valence-electron chi connectivity index (χ1n) is 7.58. The molecule has 28 heavy (non-hydrogen) atoms. The number of halogens is 3. The van der Waals surface area contributed by atoms with E-state index in [0.717, 1.165) is 36.4 Å². The van der Waals surface area contributed by atoms with Gasteiger partial charge in [0, 0.05) is 17.8 Å². The fourth-order valence-corrected chi connectivity index (χ4v) is 2.12. The van der Waals surface area contributed by atoms with E-state index < -0.39 is 35.1 Å². The number of ether oxygens (including phenoxy) is 2. The van der Waals surface area contributed by atoms with Gasteiger partial charge in [-0.2, -0.15) is 13.2 Å². The second-order valence-corrected chi connectivity index (χ2v) is 5.34. The topological polar surface area (TPSA) is 108 Å². The van der Waals surface area contributed by atoms with Gasteiger partial charge in [0.2, 0.25) is 0 Å². The van der Waals surface area contributed by atoms with Gasteiger partial charge in [-0.1, -0.05) is 0 Å². The molecule has 2 aromatic rings. The lowest BCUT2D eigenvalue weighted by Gasteiger charge is -2.10. The van der Waals surface area contributed by atoms with E-state index in [-0.39, 0.29) is 22.7 Å². The normalized spacial score (nSPS) is 10.9. The maximum absolute atomic E-state index is 12.5. The Bertz CT molecular complexity index is 897. The average Bonchev–Trinajstić information content (AvgIpc) is 2.65. The van der Waals surface area contributed by atoms with Crippen molar-refractivity contribution in [2.24, 2.45) is 0 Å². The number of non-ortho nitro benzene ring substituents is 1. The minimum atomic E-state index is -4.50. The fourth-order valence-electron chi connectivity index (χ4n) is 2.12. The number of nitro groups is 1. The Morgan fingerprint density at radius 2 is 1.79 bits per heavy atom. The van der Waals surface area contributed by atoms with Crippen LogP contribution in [0, 0.1) is 10.1 Å². The number of amides is 1. The van der Waals surface area contributed by atoms with Crippen LogP contribution in [0.5, 0.6) is 5.75 Å². The highest BCUT2D eigenvalue weighted by Gasteiger charge is 2.30. The number of carbonyl (C=O) groups excluding carboxylic acids is 2. The second-order valence-electron chi connectivity index (χ2n) is 5.34. The van der Waals surface area contributed by atoms with Crippen LogP contribution < -0.4 is 10.1 Å². The van der Waals surface area contributed by atoms with E-state index in [4.69, 9.17) is 9.47 Å². The molecular formula is C17H13F3N2O6. The van der Waals surface area contributed by atoms with E-state index in [0.29, 0.717) is 0 Å². The number of nitrogens with one attached hydrogen (secondary N) is 1. The van der Waals surface area contributed by atoms with Crippen LogP contribution in [0.15, 0.2) is 42.5 Å². The molecule has 0 unspecified atom stereocenters. The zero-order valence-electron chi connectivity index (χ0n) is 14.3. The summed E-state index contributed by atoms with van der Waals surface area (Å²) in [5, 5.41) is 13.1. The first-order valence-corrected chi connectivity index (χ1v) is 7.58. The van der Waals surface area contributed by atoms with Gasteiger partial charge >= 0.3 is 12.1 Å². The zero-order valence-corrected chi connectivity index (χ0v) is 14.3. The molecule has 148 valence electrons. The van der Waals surface area contributed by atoms with Gasteiger partial charge in [-0.05, 0) is 30.3 Å². The number of nitrogens with zero attached hydrogens (tertiary/aromatic N) is 1. The lowest BCUT2D eigenvalue weighted by atomic mass is 10.2. The molecule has 2 rings (SSSR count). The maximum Gasteiger partial charge on any atom is 0.416 e. The van der Waals surface area contributed by atoms with Crippen molar-refractivity contribution >= 4 is 23.3 Å². The third-order valence-corrected chi connectivity index (χ3v) is 3.44. The molecule has 0 saturated heterocycles. The number of hydrogen-bond acceptors (Lipinski definition) is 6. The first kappa shape index (κ1) is 20.7. The van der Waals surface area contributed by atoms with Gasteiger partial charge in [-0.25, -0.2) is 4.79 Å². The van der Waals surface area contributed by atoms with Crippen molar-refractivity contribution < 1.29 is 37.2 Å². The van der Waals surface area contributed by atoms with Crippen LogP contribution in [0.3, 0.4) is 0 Å². The number of rotatable bonds is 6. The van der Waals surface area contributed by atoms with E-state index >= 15 is 0 Å². The quantitative estimate of drug-likeness (QED) is 0.454. The van der Waals surface area contributed by atoms with Crippen molar-refractivity contribution in [1.82, 2.24) is 0 Å². The molecule has 0 atom stereocenters. The summed E-state index contributed by atoms with van der Waals surface area (Å²) in [4.78, 5) is 34.0. The van der Waals surface area contributed by atoms with Crippen molar-refractivity contribution in [3.63, 3.8) is 0 Å². The number of carbonyl (C=O) groups is 2. The number of esters is 1. The predicted octanol–water partition coefficient (Wildman–Crippen LogP) is 3.42. The number of benzene rings is 2. The Balaban J connectivity index is 2.00. The lowest BCUT2D eigenvalue weighted by Crippen LogP contribution is -2.21. The largest absolute Gasteiger partial charge is 0.496 e. The molecule has 0 aromatic heterocycles. The number of methoxy groups -OCH3 is 1. The Labute approximate surface area is 156 Å². The standard InChI is InChI=1S/C17H13F3N2O6/c1-27-14-7-6-12(22(25)26)8-13(14)16(24)28-9-15(23)21-11-4-2-10(3-5-11)17(18,19)20/h2-8H,9H2,1H3,(H,21,23). The average molecular weight is 398 g/mol. The van der Waals surface area contributed by atoms with Crippen molar-refractivity contribution in [2.45, 2.75) is 6.18 Å². The number of hydrogen-bond donors (Lipinski definition) is 1. The van der Waals surface area contributed by atoms with Gasteiger partial charge in [0.1, 0.15) is 11.3 Å². The van der Waals surface area contributed by atoms with Gasteiger partial charge in [0.05, 0.1) is 17.6 Å². The molecule has 8 nitrogen and oxygen atoms in total. The molecule has 11 heteroatoms. The maximum atomic E-state index is 12.5. The Kier molecular flexibility index (Phi) is 6.18. The molecule has 0 heterocycles. The molecule has 0 radical (unpaired) electrons. The molecule has 0 bridgehead atoms. The van der Waals surface area contributed by atoms with Crippen LogP contribution >= 0.6 is 0 Å². The predicted molar refractivity (Wildman–Crippen MR) is 90.0 cm³/mol. The summed E-state index contributed by atoms with van der Waals surface area (Å²) in [5.41, 5.74) is -1.43. The van der Waals surface area contributed by atoms with Crippen molar-refractivity contribution in [3.05, 3.63) is 63.7 Å². The van der Waals surface area contributed by atoms with Crippen LogP contribution in [-0.4, -0.2) is 30.5 Å². The molecule has 0 aliphatic rings. The van der Waals surface area contributed by atoms with Crippen molar-refractivity contribution in [3.8, 4) is 5.75 Å². The second kappa shape index (κ2) is 8.37. The third kappa shape index (κ3) is 5.19. The summed E-state index contributed by atoms with van der Waals surface area (Å²) < 4.78 is 47.2. The molecule has 0 spiro atoms. The van der Waals surface area contributed by atoms with Gasteiger partial charge in [0.15, 0.2) is 6.61 Å². The van der Waals surface area contributed by atoms with Crippen molar-refractivity contribution in [2.75, 3.05) is 19.0 Å². The summed E-state index contributed by atoms with van der Waals surface area (Å²) in [7, 11) is 1.25. The van der Waals surface area contributed by atoms with E-state index in [1.165, 1.54) is 13.2 Å². The van der Waals surface area contributed by atoms with Crippen LogP contribution in [0.1, 0.15) is 15.9 Å². The van der Waals surface area contributed by atoms with Gasteiger partial charge in [0.25, 0.3) is 11.6 Å². The van der Waals surface area contributed by atoms with Crippen LogP contribution in [0.25, 0.3) is 0 Å². The molecule has 1 amide bonds. The Morgan fingerprint density at radius 1 is 1.14 bits per heavy atom. The monoisotopic (exact) mass is 398 g/mol. The number of alkyl halides is 3. The summed E-state index contributed by atoms with van der Waals surface area (Å²) in [5.74, 6) is -1.83. The minimum absolute atomic E-state index is 0.0127. The SMILES string of the molecule is COc1ccc([N+](=O)[O-])cc1C(=O)OCC(=O)Nc1ccc(C(F)(F)F)cc1. The van der Waals surface area contributed by atoms with E-state index in [9.17, 15) is 32.9 Å². The smallest absolute Gasteiger partial charge is 0.416 e. The van der Waals surface area contributed by atoms with Crippen LogP contribution in [-0.2, 0) is 15.7 Å². The highest BCUT2D eigenvalue weighted by atomic mass is 19.4. The van der Waals surface area contributed by atoms with Crippen LogP contribution in [0.4, 0.5) is 24.5 Å². The highest BCUT2D eigenvalue weighted by molar-refractivity contribution is 5.97. The highest BCUT2D eigenvalue weighted by Crippen LogP contribution is 2.30. The summed E-state index contributed by atoms with van der Waals surface area (Å²) in [6.45, 7) is -0.758. The molecule has 2 aromatic carbocycles. The van der Waals surface area contributed by atoms with E-state index in [1.54, 1.807) is 0 Å². The summed E-state index contributed by atoms with van der Waals surface area (Å²) in [6.07, 6.45) is -4.50. The molecule has 0 saturated carbocycles. The lowest BCUT2D eigenvalue weighted by molar-refractivity contribution is -0.384. The fraction of sp³-hybridized carbons (Fsp3) is 0.176. The van der Waals surface area contributed by atoms with Gasteiger partial charge < -0.3 is 14.8 Å². The van der Waals surface area contributed by atoms with Crippen LogP contribution in [0.2, 0.25) is 0 Å². The minimum Gasteiger partial charge on any atom is -0.496 e. The molecule has 0 aliphatic heterocycles. The molecule has 1 N–H and O–H groups in total. The summed E-state index contributed by atoms with van der Waals surface area (Å²) >= 11 is 0. The molecule has 0 fully saturated rings. The summed E-state index contributed by atoms with van der Waals surface area (Å²) in [6, 6.07) is 6.95. The van der Waals surface area contributed by atoms with Crippen molar-refractivity contribution in [1.29, 1.82) is 0 Å². The Hall–Kier alpha value is -3.63. The Morgan fingerprint density at radius 3 is 2.32 bits per heavy atom. The van der Waals surface area contributed by atoms with E-state index in [1.807, 2.05) is 0 Å². The van der Waals surface area contributed by atoms with E-state index in [2.05, 4.69) is 5.32 Å².